The van der Waals surface area contributed by atoms with Crippen molar-refractivity contribution in [3.63, 3.8) is 0 Å². The maximum Gasteiger partial charge on any atom is 0.410 e. The molecule has 5 bridgehead atoms. The number of allylic oxidation sites excluding steroid dienone is 2. The molecule has 5 aliphatic rings. The topological polar surface area (TPSA) is 181 Å². The van der Waals surface area contributed by atoms with Crippen LogP contribution in [0.4, 0.5) is 9.59 Å². The second-order valence-electron chi connectivity index (χ2n) is 14.6. The van der Waals surface area contributed by atoms with E-state index in [1.54, 1.807) is 11.0 Å². The van der Waals surface area contributed by atoms with Crippen LogP contribution in [0.15, 0.2) is 36.4 Å². The van der Waals surface area contributed by atoms with Gasteiger partial charge in [0.05, 0.1) is 24.9 Å². The smallest absolute Gasteiger partial charge is 0.410 e. The summed E-state index contributed by atoms with van der Waals surface area (Å²) in [5, 5.41) is 4.78. The molecule has 6 rings (SSSR count). The Morgan fingerprint density at radius 1 is 0.942 bits per heavy atom. The van der Waals surface area contributed by atoms with E-state index < -0.39 is 69.4 Å². The van der Waals surface area contributed by atoms with Gasteiger partial charge in [0.1, 0.15) is 24.2 Å². The number of nitrogens with one attached hydrogen (secondary N) is 3. The van der Waals surface area contributed by atoms with E-state index in [1.165, 1.54) is 4.90 Å². The van der Waals surface area contributed by atoms with Gasteiger partial charge in [-0.05, 0) is 74.0 Å². The maximum absolute atomic E-state index is 14.3. The molecule has 5 atom stereocenters. The number of rotatable bonds is 3. The lowest BCUT2D eigenvalue weighted by Gasteiger charge is -2.29. The molecule has 0 aromatic heterocycles. The Bertz CT molecular complexity index is 1710. The maximum atomic E-state index is 14.3. The average molecular weight is 740 g/mol. The van der Waals surface area contributed by atoms with Gasteiger partial charge < -0.3 is 25.0 Å². The third-order valence-electron chi connectivity index (χ3n) is 10.3. The molecule has 1 unspecified atom stereocenters. The molecule has 1 saturated carbocycles. The number of benzene rings is 1. The van der Waals surface area contributed by atoms with Crippen LogP contribution in [-0.4, -0.2) is 90.8 Å². The summed E-state index contributed by atoms with van der Waals surface area (Å²) in [6, 6.07) is 2.51. The van der Waals surface area contributed by atoms with Gasteiger partial charge in [0.2, 0.25) is 21.8 Å². The first-order chi connectivity index (χ1) is 25.0. The summed E-state index contributed by atoms with van der Waals surface area (Å²) in [6.45, 7) is 2.73. The molecule has 1 aromatic carbocycles. The summed E-state index contributed by atoms with van der Waals surface area (Å²) >= 11 is 0. The van der Waals surface area contributed by atoms with Gasteiger partial charge in [-0.25, -0.2) is 18.0 Å². The summed E-state index contributed by atoms with van der Waals surface area (Å²) in [5.41, 5.74) is 3.04. The van der Waals surface area contributed by atoms with Crippen LogP contribution >= 0.6 is 0 Å². The molecule has 1 aliphatic carbocycles. The average Bonchev–Trinajstić information content (AvgIpc) is 3.76. The van der Waals surface area contributed by atoms with Crippen LogP contribution < -0.4 is 15.4 Å². The first-order valence-corrected chi connectivity index (χ1v) is 20.0. The molecule has 1 aromatic rings. The normalized spacial score (nSPS) is 29.4. The first kappa shape index (κ1) is 37.4. The lowest BCUT2D eigenvalue weighted by atomic mass is 10.0. The largest absolute Gasteiger partial charge is 0.449 e. The molecule has 282 valence electrons. The highest BCUT2D eigenvalue weighted by Gasteiger charge is 2.45. The van der Waals surface area contributed by atoms with Crippen LogP contribution in [0.5, 0.6) is 0 Å². The molecule has 52 heavy (non-hydrogen) atoms. The van der Waals surface area contributed by atoms with Crippen LogP contribution in [0, 0.1) is 5.92 Å². The third kappa shape index (κ3) is 9.33. The van der Waals surface area contributed by atoms with Crippen molar-refractivity contribution >= 4 is 46.0 Å². The van der Waals surface area contributed by atoms with Gasteiger partial charge in [-0.3, -0.25) is 24.0 Å². The van der Waals surface area contributed by atoms with Crippen LogP contribution in [0.3, 0.4) is 0 Å². The molecule has 14 nitrogen and oxygen atoms in total. The molecule has 2 fully saturated rings. The molecule has 4 aliphatic heterocycles. The van der Waals surface area contributed by atoms with Gasteiger partial charge in [-0.15, -0.1) is 0 Å². The summed E-state index contributed by atoms with van der Waals surface area (Å²) in [7, 11) is -3.88. The van der Waals surface area contributed by atoms with E-state index in [-0.39, 0.29) is 31.9 Å². The number of hydrogen-bond donors (Lipinski definition) is 3. The summed E-state index contributed by atoms with van der Waals surface area (Å²) in [4.78, 5) is 71.1. The number of ether oxygens (including phenoxy) is 2. The van der Waals surface area contributed by atoms with Crippen molar-refractivity contribution in [2.75, 3.05) is 13.2 Å². The first-order valence-electron chi connectivity index (χ1n) is 18.5. The van der Waals surface area contributed by atoms with Crippen LogP contribution in [-0.2, 0) is 47.0 Å². The Labute approximate surface area is 304 Å². The fourth-order valence-corrected chi connectivity index (χ4v) is 8.52. The Balaban J connectivity index is 1.27. The third-order valence-corrected chi connectivity index (χ3v) is 12.2. The van der Waals surface area contributed by atoms with Gasteiger partial charge >= 0.3 is 12.2 Å². The van der Waals surface area contributed by atoms with Gasteiger partial charge in [-0.2, -0.15) is 0 Å². The minimum atomic E-state index is -3.88. The second kappa shape index (κ2) is 16.5. The highest BCUT2D eigenvalue weighted by Crippen LogP contribution is 2.30. The Morgan fingerprint density at radius 2 is 1.77 bits per heavy atom. The molecule has 5 amide bonds. The summed E-state index contributed by atoms with van der Waals surface area (Å²) < 4.78 is 38.9. The van der Waals surface area contributed by atoms with Crippen molar-refractivity contribution < 1.29 is 41.9 Å². The van der Waals surface area contributed by atoms with Crippen molar-refractivity contribution in [1.82, 2.24) is 25.2 Å². The molecule has 4 heterocycles. The summed E-state index contributed by atoms with van der Waals surface area (Å²) in [5.74, 6) is -2.04. The van der Waals surface area contributed by atoms with Gasteiger partial charge in [0, 0.05) is 13.0 Å². The predicted molar refractivity (Wildman–Crippen MR) is 191 cm³/mol. The number of amides is 5. The summed E-state index contributed by atoms with van der Waals surface area (Å²) in [6.07, 6.45) is 11.1. The zero-order valence-electron chi connectivity index (χ0n) is 29.6. The zero-order chi connectivity index (χ0) is 36.8. The van der Waals surface area contributed by atoms with Crippen molar-refractivity contribution in [3.8, 4) is 0 Å². The Hall–Kier alpha value is -4.40. The fraction of sp³-hybridized carbons (Fsp3) is 0.595. The van der Waals surface area contributed by atoms with Gasteiger partial charge in [0.25, 0.3) is 5.91 Å². The van der Waals surface area contributed by atoms with E-state index in [1.807, 2.05) is 37.3 Å². The number of nitrogens with zero attached hydrogens (tertiary/aromatic N) is 2. The predicted octanol–water partition coefficient (Wildman–Crippen LogP) is 3.65. The van der Waals surface area contributed by atoms with Crippen molar-refractivity contribution in [2.24, 2.45) is 5.92 Å². The standard InChI is InChI=1S/C37H49N5O9S/c1-24-11-8-9-12-25-13-10-14-26-20-41(22-29(25)26)37(47)51-27-19-32-34(44)38-30(33(43)40-52(48,49)28-17-18-28)15-6-4-2-3-5-7-16-31(35(45)42(32)21-27)39-36(46)50-23-24/h4,6,9-10,12-14,24,27-28,30-32H,2-3,5,7-8,11,15-23H2,1H3,(H,38,44)(H,39,46)(H,40,43)/b6-4-,12-9+/t24-,27-,30?,31+,32+/m1/s1. The molecule has 15 heteroatoms. The zero-order valence-corrected chi connectivity index (χ0v) is 30.4. The van der Waals surface area contributed by atoms with E-state index in [4.69, 9.17) is 9.47 Å². The number of hydrogen-bond acceptors (Lipinski definition) is 9. The number of fused-ring (bicyclic) bond motifs is 3. The highest BCUT2D eigenvalue weighted by molar-refractivity contribution is 7.90. The minimum absolute atomic E-state index is 0.0397. The molecule has 1 saturated heterocycles. The van der Waals surface area contributed by atoms with E-state index in [2.05, 4.69) is 21.4 Å². The van der Waals surface area contributed by atoms with Crippen molar-refractivity contribution in [2.45, 2.75) is 120 Å². The van der Waals surface area contributed by atoms with Gasteiger partial charge in [0.15, 0.2) is 0 Å². The number of sulfonamides is 1. The lowest BCUT2D eigenvalue weighted by Crippen LogP contribution is -2.56. The molecule has 0 spiro atoms. The monoisotopic (exact) mass is 739 g/mol. The Kier molecular flexibility index (Phi) is 11.9. The quantitative estimate of drug-likeness (QED) is 0.390. The lowest BCUT2D eigenvalue weighted by molar-refractivity contribution is -0.141. The second-order valence-corrected chi connectivity index (χ2v) is 16.5. The SMILES string of the molecule is C[C@@H]1CC/C=C/c2cccc3c2CN(C3)C(=O)O[C@@H]2C[C@H]3C(=O)NC(C(=O)NS(=O)(=O)C4CC4)C/C=C\CCCCC[C@H](NC(=O)OC1)C(=O)N3C2. The molecular formula is C37H49N5O9S. The molecular weight excluding hydrogens is 690 g/mol. The Morgan fingerprint density at radius 3 is 2.58 bits per heavy atom. The number of alkyl carbamates (subject to hydrolysis) is 1. The van der Waals surface area contributed by atoms with Crippen LogP contribution in [0.2, 0.25) is 0 Å². The number of carbonyl (C=O) groups excluding carboxylic acids is 5. The van der Waals surface area contributed by atoms with E-state index >= 15 is 0 Å². The molecule has 0 radical (unpaired) electrons. The fourth-order valence-electron chi connectivity index (χ4n) is 7.17. The van der Waals surface area contributed by atoms with E-state index in [9.17, 15) is 32.4 Å². The number of cyclic esters (lactones) is 1. The molecule has 3 N–H and O–H groups in total. The van der Waals surface area contributed by atoms with Crippen LogP contribution in [0.1, 0.15) is 94.2 Å². The minimum Gasteiger partial charge on any atom is -0.449 e. The van der Waals surface area contributed by atoms with E-state index in [0.717, 1.165) is 42.4 Å². The van der Waals surface area contributed by atoms with Crippen LogP contribution in [0.25, 0.3) is 6.08 Å². The van der Waals surface area contributed by atoms with E-state index in [0.29, 0.717) is 45.2 Å². The number of carbonyl (C=O) groups is 5. The van der Waals surface area contributed by atoms with Crippen molar-refractivity contribution in [3.05, 3.63) is 53.1 Å². The van der Waals surface area contributed by atoms with Gasteiger partial charge in [-0.1, -0.05) is 62.3 Å². The highest BCUT2D eigenvalue weighted by atomic mass is 32.2. The van der Waals surface area contributed by atoms with Crippen molar-refractivity contribution in [1.29, 1.82) is 0 Å².